The third-order valence-corrected chi connectivity index (χ3v) is 6.86. The van der Waals surface area contributed by atoms with Gasteiger partial charge in [0.2, 0.25) is 0 Å². The Hall–Kier alpha value is -4.74. The third-order valence-electron chi connectivity index (χ3n) is 6.86. The molecular formula is C29H26F4N6O2. The second-order valence-electron chi connectivity index (χ2n) is 10.7. The maximum absolute atomic E-state index is 14.3. The Balaban J connectivity index is 1.42. The predicted molar refractivity (Wildman–Crippen MR) is 145 cm³/mol. The zero-order valence-corrected chi connectivity index (χ0v) is 22.4. The number of aromatic nitrogens is 3. The summed E-state index contributed by atoms with van der Waals surface area (Å²) in [6.07, 6.45) is -3.52. The van der Waals surface area contributed by atoms with Crippen LogP contribution in [0.5, 0.6) is 0 Å². The van der Waals surface area contributed by atoms with Gasteiger partial charge < -0.3 is 16.4 Å². The van der Waals surface area contributed by atoms with Crippen LogP contribution in [0.1, 0.15) is 58.2 Å². The molecule has 0 radical (unpaired) electrons. The van der Waals surface area contributed by atoms with Gasteiger partial charge in [-0.1, -0.05) is 45.0 Å². The Bertz CT molecular complexity index is 1670. The number of nitrogens with zero attached hydrogens (tertiary/aromatic N) is 3. The van der Waals surface area contributed by atoms with Crippen molar-refractivity contribution in [1.29, 1.82) is 0 Å². The van der Waals surface area contributed by atoms with Crippen molar-refractivity contribution in [3.8, 4) is 11.3 Å². The molecule has 0 spiro atoms. The molecule has 4 aromatic rings. The van der Waals surface area contributed by atoms with Crippen molar-refractivity contribution in [3.05, 3.63) is 88.4 Å². The Labute approximate surface area is 232 Å². The highest BCUT2D eigenvalue weighted by Gasteiger charge is 2.35. The smallest absolute Gasteiger partial charge is 0.365 e. The Kier molecular flexibility index (Phi) is 6.80. The number of hydrogen-bond donors (Lipinski definition) is 3. The standard InChI is InChI=1S/C29H26F4N6O2/c1-28(2,3)18-8-9-20-17(14-18)11-13-39-26(36-20)21(24(34)40)23(38-39)15-4-6-16(7-5-15)27(41)37-25-22(30)19(10-12-35-25)29(31,32)33/h4-10,12,14,36H,11,13H2,1-3H3,(H2,34,40)(H,35,37,41). The molecule has 0 saturated carbocycles. The minimum absolute atomic E-state index is 0.0236. The molecule has 212 valence electrons. The highest BCUT2D eigenvalue weighted by molar-refractivity contribution is 6.06. The minimum Gasteiger partial charge on any atom is -0.365 e. The summed E-state index contributed by atoms with van der Waals surface area (Å²) >= 11 is 0. The fourth-order valence-electron chi connectivity index (χ4n) is 4.64. The van der Waals surface area contributed by atoms with Gasteiger partial charge in [-0.2, -0.15) is 18.3 Å². The Morgan fingerprint density at radius 1 is 1.05 bits per heavy atom. The van der Waals surface area contributed by atoms with Crippen LogP contribution in [-0.4, -0.2) is 26.6 Å². The number of nitrogens with two attached hydrogens (primary N) is 1. The molecule has 3 heterocycles. The van der Waals surface area contributed by atoms with Crippen molar-refractivity contribution < 1.29 is 27.2 Å². The first-order valence-corrected chi connectivity index (χ1v) is 12.7. The molecule has 1 aliphatic heterocycles. The van der Waals surface area contributed by atoms with Gasteiger partial charge in [-0.25, -0.2) is 14.1 Å². The summed E-state index contributed by atoms with van der Waals surface area (Å²) in [5, 5.41) is 10.0. The maximum Gasteiger partial charge on any atom is 0.419 e. The summed E-state index contributed by atoms with van der Waals surface area (Å²) in [4.78, 5) is 28.7. The second kappa shape index (κ2) is 10.0. The summed E-state index contributed by atoms with van der Waals surface area (Å²) in [7, 11) is 0. The third kappa shape index (κ3) is 5.37. The van der Waals surface area contributed by atoms with Gasteiger partial charge in [0, 0.05) is 29.6 Å². The molecule has 12 heteroatoms. The van der Waals surface area contributed by atoms with Gasteiger partial charge in [0.1, 0.15) is 17.1 Å². The van der Waals surface area contributed by atoms with E-state index in [2.05, 4.69) is 47.6 Å². The van der Waals surface area contributed by atoms with Crippen molar-refractivity contribution in [2.24, 2.45) is 5.73 Å². The average Bonchev–Trinajstić information content (AvgIpc) is 3.16. The SMILES string of the molecule is CC(C)(C)c1ccc2c(c1)CCn1nc(-c3ccc(C(=O)Nc4nccc(C(F)(F)F)c4F)cc3)c(C(N)=O)c1N2. The van der Waals surface area contributed by atoms with Crippen LogP contribution in [0.25, 0.3) is 11.3 Å². The number of primary amides is 1. The molecule has 8 nitrogen and oxygen atoms in total. The monoisotopic (exact) mass is 566 g/mol. The molecule has 2 amide bonds. The van der Waals surface area contributed by atoms with Gasteiger partial charge in [0.15, 0.2) is 11.6 Å². The molecule has 1 aliphatic rings. The number of hydrogen-bond acceptors (Lipinski definition) is 5. The molecule has 0 unspecified atom stereocenters. The number of carbonyl (C=O) groups is 2. The summed E-state index contributed by atoms with van der Waals surface area (Å²) in [5.41, 5.74) is 8.29. The normalized spacial score (nSPS) is 13.0. The maximum atomic E-state index is 14.3. The van der Waals surface area contributed by atoms with E-state index in [0.717, 1.165) is 17.4 Å². The van der Waals surface area contributed by atoms with E-state index < -0.39 is 35.2 Å². The predicted octanol–water partition coefficient (Wildman–Crippen LogP) is 6.05. The number of aryl methyl sites for hydroxylation is 2. The van der Waals surface area contributed by atoms with Gasteiger partial charge in [-0.3, -0.25) is 9.59 Å². The molecule has 0 aliphatic carbocycles. The zero-order valence-electron chi connectivity index (χ0n) is 22.4. The summed E-state index contributed by atoms with van der Waals surface area (Å²) in [5.74, 6) is -3.65. The van der Waals surface area contributed by atoms with E-state index in [1.165, 1.54) is 29.8 Å². The van der Waals surface area contributed by atoms with Crippen LogP contribution in [0, 0.1) is 5.82 Å². The van der Waals surface area contributed by atoms with Crippen molar-refractivity contribution in [1.82, 2.24) is 14.8 Å². The fourth-order valence-corrected chi connectivity index (χ4v) is 4.64. The van der Waals surface area contributed by atoms with E-state index in [0.29, 0.717) is 36.1 Å². The molecule has 4 N–H and O–H groups in total. The van der Waals surface area contributed by atoms with E-state index >= 15 is 0 Å². The van der Waals surface area contributed by atoms with Crippen LogP contribution in [-0.2, 0) is 24.6 Å². The highest BCUT2D eigenvalue weighted by atomic mass is 19.4. The number of alkyl halides is 3. The molecule has 0 saturated heterocycles. The Morgan fingerprint density at radius 3 is 2.39 bits per heavy atom. The number of pyridine rings is 1. The number of nitrogens with one attached hydrogen (secondary N) is 2. The minimum atomic E-state index is -4.94. The molecule has 5 rings (SSSR count). The zero-order chi connectivity index (χ0) is 29.7. The largest absolute Gasteiger partial charge is 0.419 e. The van der Waals surface area contributed by atoms with Crippen molar-refractivity contribution in [3.63, 3.8) is 0 Å². The van der Waals surface area contributed by atoms with Crippen LogP contribution < -0.4 is 16.4 Å². The molecule has 2 aromatic carbocycles. The lowest BCUT2D eigenvalue weighted by Crippen LogP contribution is -2.17. The molecular weight excluding hydrogens is 540 g/mol. The fraction of sp³-hybridized carbons (Fsp3) is 0.241. The van der Waals surface area contributed by atoms with Crippen LogP contribution in [0.4, 0.5) is 34.9 Å². The highest BCUT2D eigenvalue weighted by Crippen LogP contribution is 2.36. The second-order valence-corrected chi connectivity index (χ2v) is 10.7. The molecule has 2 aromatic heterocycles. The number of rotatable bonds is 4. The summed E-state index contributed by atoms with van der Waals surface area (Å²) in [6.45, 7) is 6.89. The number of carbonyl (C=O) groups excluding carboxylic acids is 2. The van der Waals surface area contributed by atoms with Gasteiger partial charge >= 0.3 is 6.18 Å². The lowest BCUT2D eigenvalue weighted by Gasteiger charge is -2.21. The first kappa shape index (κ1) is 27.8. The van der Waals surface area contributed by atoms with Crippen molar-refractivity contribution in [2.45, 2.75) is 45.3 Å². The van der Waals surface area contributed by atoms with E-state index in [-0.39, 0.29) is 16.5 Å². The quantitative estimate of drug-likeness (QED) is 0.260. The van der Waals surface area contributed by atoms with E-state index in [1.807, 2.05) is 12.1 Å². The number of anilines is 3. The van der Waals surface area contributed by atoms with Gasteiger partial charge in [0.05, 0.1) is 5.56 Å². The van der Waals surface area contributed by atoms with Crippen LogP contribution in [0.2, 0.25) is 0 Å². The van der Waals surface area contributed by atoms with Gasteiger partial charge in [-0.15, -0.1) is 0 Å². The van der Waals surface area contributed by atoms with Crippen LogP contribution in [0.15, 0.2) is 54.7 Å². The molecule has 0 atom stereocenters. The summed E-state index contributed by atoms with van der Waals surface area (Å²) < 4.78 is 55.0. The molecule has 0 bridgehead atoms. The van der Waals surface area contributed by atoms with Gasteiger partial charge in [-0.05, 0) is 47.2 Å². The van der Waals surface area contributed by atoms with Crippen molar-refractivity contribution >= 4 is 29.1 Å². The first-order chi connectivity index (χ1) is 19.2. The van der Waals surface area contributed by atoms with E-state index in [9.17, 15) is 27.2 Å². The van der Waals surface area contributed by atoms with Crippen LogP contribution in [0.3, 0.4) is 0 Å². The van der Waals surface area contributed by atoms with Gasteiger partial charge in [0.25, 0.3) is 11.8 Å². The topological polar surface area (TPSA) is 115 Å². The first-order valence-electron chi connectivity index (χ1n) is 12.7. The number of fused-ring (bicyclic) bond motifs is 2. The molecule has 41 heavy (non-hydrogen) atoms. The van der Waals surface area contributed by atoms with Crippen molar-refractivity contribution in [2.75, 3.05) is 10.6 Å². The number of amides is 2. The van der Waals surface area contributed by atoms with Crippen LogP contribution >= 0.6 is 0 Å². The summed E-state index contributed by atoms with van der Waals surface area (Å²) in [6, 6.07) is 12.4. The number of benzene rings is 2. The Morgan fingerprint density at radius 2 is 1.76 bits per heavy atom. The average molecular weight is 567 g/mol. The lowest BCUT2D eigenvalue weighted by molar-refractivity contribution is -0.140. The molecule has 0 fully saturated rings. The number of halogens is 4. The van der Waals surface area contributed by atoms with E-state index in [4.69, 9.17) is 5.73 Å². The van der Waals surface area contributed by atoms with E-state index in [1.54, 1.807) is 4.68 Å². The lowest BCUT2D eigenvalue weighted by atomic mass is 9.85.